The average Bonchev–Trinajstić information content (AvgIpc) is 2.96. The molecular weight excluding hydrogens is 256 g/mol. The smallest absolute Gasteiger partial charge is 0.163 e. The number of methoxy groups -OCH3 is 1. The number of carbonyl (C=O) groups is 1. The van der Waals surface area contributed by atoms with Crippen molar-refractivity contribution in [1.29, 1.82) is 0 Å². The molecule has 4 heteroatoms. The lowest BCUT2D eigenvalue weighted by Gasteiger charge is -2.18. The van der Waals surface area contributed by atoms with Crippen LogP contribution in [-0.2, 0) is 9.47 Å². The van der Waals surface area contributed by atoms with Crippen LogP contribution in [0.25, 0.3) is 0 Å². The Balaban J connectivity index is 2.20. The molecule has 0 aliphatic carbocycles. The van der Waals surface area contributed by atoms with E-state index in [2.05, 4.69) is 0 Å². The molecule has 0 aromatic heterocycles. The van der Waals surface area contributed by atoms with Gasteiger partial charge in [-0.15, -0.1) is 0 Å². The maximum absolute atomic E-state index is 11.9. The van der Waals surface area contributed by atoms with Gasteiger partial charge in [0.15, 0.2) is 5.78 Å². The zero-order chi connectivity index (χ0) is 14.5. The Morgan fingerprint density at radius 3 is 2.90 bits per heavy atom. The van der Waals surface area contributed by atoms with E-state index in [4.69, 9.17) is 14.2 Å². The fourth-order valence-corrected chi connectivity index (χ4v) is 2.47. The maximum atomic E-state index is 11.9. The van der Waals surface area contributed by atoms with Gasteiger partial charge in [-0.1, -0.05) is 12.1 Å². The molecule has 2 atom stereocenters. The van der Waals surface area contributed by atoms with Crippen molar-refractivity contribution in [2.24, 2.45) is 0 Å². The van der Waals surface area contributed by atoms with Crippen molar-refractivity contribution in [3.8, 4) is 5.75 Å². The van der Waals surface area contributed by atoms with Crippen LogP contribution in [0.1, 0.15) is 48.7 Å². The SMILES string of the molecule is COC(C)c1cccc(OCC2CCCO2)c1C(C)=O. The molecule has 0 radical (unpaired) electrons. The summed E-state index contributed by atoms with van der Waals surface area (Å²) < 4.78 is 16.7. The Labute approximate surface area is 120 Å². The van der Waals surface area contributed by atoms with E-state index in [1.54, 1.807) is 14.0 Å². The number of ether oxygens (including phenoxy) is 3. The van der Waals surface area contributed by atoms with Gasteiger partial charge in [-0.05, 0) is 38.3 Å². The number of benzene rings is 1. The highest BCUT2D eigenvalue weighted by atomic mass is 16.5. The van der Waals surface area contributed by atoms with E-state index in [0.29, 0.717) is 17.9 Å². The first-order valence-corrected chi connectivity index (χ1v) is 7.04. The molecule has 1 aromatic carbocycles. The summed E-state index contributed by atoms with van der Waals surface area (Å²) in [5.41, 5.74) is 1.48. The summed E-state index contributed by atoms with van der Waals surface area (Å²) in [4.78, 5) is 11.9. The molecule has 110 valence electrons. The van der Waals surface area contributed by atoms with E-state index < -0.39 is 0 Å². The monoisotopic (exact) mass is 278 g/mol. The molecule has 0 amide bonds. The first-order valence-electron chi connectivity index (χ1n) is 7.04. The largest absolute Gasteiger partial charge is 0.490 e. The molecule has 1 aliphatic heterocycles. The van der Waals surface area contributed by atoms with Gasteiger partial charge < -0.3 is 14.2 Å². The molecule has 1 aromatic rings. The van der Waals surface area contributed by atoms with Crippen LogP contribution in [0.4, 0.5) is 0 Å². The van der Waals surface area contributed by atoms with E-state index in [1.807, 2.05) is 25.1 Å². The molecule has 1 heterocycles. The van der Waals surface area contributed by atoms with Gasteiger partial charge in [0.2, 0.25) is 0 Å². The van der Waals surface area contributed by atoms with E-state index >= 15 is 0 Å². The number of hydrogen-bond acceptors (Lipinski definition) is 4. The number of rotatable bonds is 6. The minimum Gasteiger partial charge on any atom is -0.490 e. The van der Waals surface area contributed by atoms with Gasteiger partial charge >= 0.3 is 0 Å². The van der Waals surface area contributed by atoms with Crippen LogP contribution < -0.4 is 4.74 Å². The summed E-state index contributed by atoms with van der Waals surface area (Å²) in [6, 6.07) is 5.63. The predicted molar refractivity (Wildman–Crippen MR) is 76.3 cm³/mol. The minimum atomic E-state index is -0.139. The minimum absolute atomic E-state index is 0.00756. The Hall–Kier alpha value is -1.39. The van der Waals surface area contributed by atoms with E-state index in [1.165, 1.54) is 0 Å². The molecule has 0 N–H and O–H groups in total. The summed E-state index contributed by atoms with van der Waals surface area (Å²) in [7, 11) is 1.63. The molecular formula is C16H22O4. The number of hydrogen-bond donors (Lipinski definition) is 0. The number of ketones is 1. The molecule has 1 fully saturated rings. The highest BCUT2D eigenvalue weighted by Crippen LogP contribution is 2.29. The number of carbonyl (C=O) groups excluding carboxylic acids is 1. The van der Waals surface area contributed by atoms with Gasteiger partial charge in [0.1, 0.15) is 12.4 Å². The van der Waals surface area contributed by atoms with E-state index in [-0.39, 0.29) is 18.0 Å². The molecule has 0 bridgehead atoms. The highest BCUT2D eigenvalue weighted by molar-refractivity contribution is 5.98. The third-order valence-electron chi connectivity index (χ3n) is 3.65. The van der Waals surface area contributed by atoms with Gasteiger partial charge in [0.25, 0.3) is 0 Å². The van der Waals surface area contributed by atoms with Crippen LogP contribution in [0.15, 0.2) is 18.2 Å². The fourth-order valence-electron chi connectivity index (χ4n) is 2.47. The van der Waals surface area contributed by atoms with Gasteiger partial charge in [0.05, 0.1) is 17.8 Å². The Bertz CT molecular complexity index is 464. The second-order valence-electron chi connectivity index (χ2n) is 5.10. The molecule has 2 rings (SSSR count). The molecule has 20 heavy (non-hydrogen) atoms. The second-order valence-corrected chi connectivity index (χ2v) is 5.10. The molecule has 0 spiro atoms. The lowest BCUT2D eigenvalue weighted by Crippen LogP contribution is -2.18. The highest BCUT2D eigenvalue weighted by Gasteiger charge is 2.20. The molecule has 2 unspecified atom stereocenters. The fraction of sp³-hybridized carbons (Fsp3) is 0.562. The van der Waals surface area contributed by atoms with Crippen molar-refractivity contribution in [3.63, 3.8) is 0 Å². The van der Waals surface area contributed by atoms with Gasteiger partial charge in [-0.2, -0.15) is 0 Å². The average molecular weight is 278 g/mol. The second kappa shape index (κ2) is 6.86. The van der Waals surface area contributed by atoms with Crippen molar-refractivity contribution in [2.45, 2.75) is 38.9 Å². The van der Waals surface area contributed by atoms with Crippen molar-refractivity contribution in [1.82, 2.24) is 0 Å². The Kier molecular flexibility index (Phi) is 5.15. The summed E-state index contributed by atoms with van der Waals surface area (Å²) in [6.45, 7) is 4.77. The maximum Gasteiger partial charge on any atom is 0.163 e. The lowest BCUT2D eigenvalue weighted by molar-refractivity contribution is 0.0668. The first-order chi connectivity index (χ1) is 9.63. The van der Waals surface area contributed by atoms with E-state index in [0.717, 1.165) is 25.0 Å². The van der Waals surface area contributed by atoms with Crippen LogP contribution in [0.2, 0.25) is 0 Å². The topological polar surface area (TPSA) is 44.8 Å². The quantitative estimate of drug-likeness (QED) is 0.750. The summed E-state index contributed by atoms with van der Waals surface area (Å²) in [5, 5.41) is 0. The normalized spacial score (nSPS) is 19.9. The zero-order valence-electron chi connectivity index (χ0n) is 12.3. The summed E-state index contributed by atoms with van der Waals surface area (Å²) in [5.74, 6) is 0.612. The third kappa shape index (κ3) is 3.38. The lowest BCUT2D eigenvalue weighted by atomic mass is 9.99. The predicted octanol–water partition coefficient (Wildman–Crippen LogP) is 3.15. The van der Waals surface area contributed by atoms with Gasteiger partial charge in [0, 0.05) is 13.7 Å². The van der Waals surface area contributed by atoms with Crippen molar-refractivity contribution in [3.05, 3.63) is 29.3 Å². The third-order valence-corrected chi connectivity index (χ3v) is 3.65. The molecule has 1 saturated heterocycles. The number of Topliss-reactive ketones (excluding diaryl/α,β-unsaturated/α-hetero) is 1. The Morgan fingerprint density at radius 2 is 2.30 bits per heavy atom. The van der Waals surface area contributed by atoms with Crippen molar-refractivity contribution in [2.75, 3.05) is 20.3 Å². The summed E-state index contributed by atoms with van der Waals surface area (Å²) in [6.07, 6.45) is 2.09. The van der Waals surface area contributed by atoms with Gasteiger partial charge in [-0.3, -0.25) is 4.79 Å². The van der Waals surface area contributed by atoms with Crippen LogP contribution in [0.5, 0.6) is 5.75 Å². The molecule has 0 saturated carbocycles. The van der Waals surface area contributed by atoms with Crippen molar-refractivity contribution < 1.29 is 19.0 Å². The van der Waals surface area contributed by atoms with Crippen LogP contribution in [0.3, 0.4) is 0 Å². The van der Waals surface area contributed by atoms with Crippen molar-refractivity contribution >= 4 is 5.78 Å². The van der Waals surface area contributed by atoms with E-state index in [9.17, 15) is 4.79 Å². The van der Waals surface area contributed by atoms with Crippen LogP contribution in [0, 0.1) is 0 Å². The van der Waals surface area contributed by atoms with Crippen LogP contribution >= 0.6 is 0 Å². The standard InChI is InChI=1S/C16H22O4/c1-11(17)16-14(12(2)18-3)7-4-8-15(16)20-10-13-6-5-9-19-13/h4,7-8,12-13H,5-6,9-10H2,1-3H3. The first kappa shape index (κ1) is 15.0. The molecule has 1 aliphatic rings. The van der Waals surface area contributed by atoms with Gasteiger partial charge in [-0.25, -0.2) is 0 Å². The molecule has 4 nitrogen and oxygen atoms in total. The summed E-state index contributed by atoms with van der Waals surface area (Å²) >= 11 is 0. The van der Waals surface area contributed by atoms with Crippen LogP contribution in [-0.4, -0.2) is 32.2 Å². The Morgan fingerprint density at radius 1 is 1.50 bits per heavy atom. The zero-order valence-corrected chi connectivity index (χ0v) is 12.3.